The molecular formula is C21H33N5O2. The Hall–Kier alpha value is -2.28. The molecule has 0 radical (unpaired) electrons. The molecule has 1 saturated heterocycles. The van der Waals surface area contributed by atoms with Gasteiger partial charge in [-0.15, -0.1) is 0 Å². The van der Waals surface area contributed by atoms with Crippen molar-refractivity contribution in [1.82, 2.24) is 20.0 Å². The second-order valence-electron chi connectivity index (χ2n) is 7.44. The van der Waals surface area contributed by atoms with Crippen molar-refractivity contribution in [3.05, 3.63) is 35.4 Å². The first-order valence-electron chi connectivity index (χ1n) is 10.3. The summed E-state index contributed by atoms with van der Waals surface area (Å²) in [5, 5.41) is 3.53. The number of fused-ring (bicyclic) bond motifs is 1. The van der Waals surface area contributed by atoms with E-state index in [9.17, 15) is 4.79 Å². The van der Waals surface area contributed by atoms with Gasteiger partial charge in [0.25, 0.3) is 0 Å². The quantitative estimate of drug-likeness (QED) is 0.630. The third-order valence-corrected chi connectivity index (χ3v) is 5.66. The minimum Gasteiger partial charge on any atom is -0.450 e. The molecule has 2 heterocycles. The SMILES string of the molecule is CCOC(=O)N1CCN(C(=NC)NCC(C)N2CCc3ccccc3C2)CC1. The Kier molecular flexibility index (Phi) is 7.14. The summed E-state index contributed by atoms with van der Waals surface area (Å²) in [6.07, 6.45) is 0.898. The van der Waals surface area contributed by atoms with Crippen molar-refractivity contribution in [3.63, 3.8) is 0 Å². The topological polar surface area (TPSA) is 60.4 Å². The number of hydrogen-bond acceptors (Lipinski definition) is 4. The van der Waals surface area contributed by atoms with Crippen molar-refractivity contribution in [3.8, 4) is 0 Å². The van der Waals surface area contributed by atoms with Crippen LogP contribution >= 0.6 is 0 Å². The number of amides is 1. The lowest BCUT2D eigenvalue weighted by Crippen LogP contribution is -2.55. The minimum atomic E-state index is -0.218. The molecule has 1 unspecified atom stereocenters. The van der Waals surface area contributed by atoms with E-state index in [0.29, 0.717) is 25.7 Å². The van der Waals surface area contributed by atoms with E-state index in [1.54, 1.807) is 4.90 Å². The lowest BCUT2D eigenvalue weighted by molar-refractivity contribution is 0.0913. The summed E-state index contributed by atoms with van der Waals surface area (Å²) in [6, 6.07) is 9.16. The zero-order chi connectivity index (χ0) is 19.9. The van der Waals surface area contributed by atoms with Crippen molar-refractivity contribution in [1.29, 1.82) is 0 Å². The second kappa shape index (κ2) is 9.78. The molecule has 1 aromatic carbocycles. The Morgan fingerprint density at radius 2 is 1.82 bits per heavy atom. The fraction of sp³-hybridized carbons (Fsp3) is 0.619. The molecule has 1 N–H and O–H groups in total. The molecule has 1 atom stereocenters. The molecule has 2 aliphatic rings. The highest BCUT2D eigenvalue weighted by molar-refractivity contribution is 5.80. The van der Waals surface area contributed by atoms with Crippen LogP contribution in [0, 0.1) is 0 Å². The summed E-state index contributed by atoms with van der Waals surface area (Å²) < 4.78 is 5.09. The maximum atomic E-state index is 11.9. The molecule has 0 aromatic heterocycles. The lowest BCUT2D eigenvalue weighted by Gasteiger charge is -2.37. The molecule has 154 valence electrons. The predicted molar refractivity (Wildman–Crippen MR) is 112 cm³/mol. The van der Waals surface area contributed by atoms with E-state index in [2.05, 4.69) is 51.3 Å². The highest BCUT2D eigenvalue weighted by Crippen LogP contribution is 2.20. The van der Waals surface area contributed by atoms with Crippen LogP contribution in [0.4, 0.5) is 4.79 Å². The molecule has 3 rings (SSSR count). The van der Waals surface area contributed by atoms with Crippen LogP contribution in [0.15, 0.2) is 29.3 Å². The smallest absolute Gasteiger partial charge is 0.409 e. The predicted octanol–water partition coefficient (Wildman–Crippen LogP) is 1.78. The van der Waals surface area contributed by atoms with Crippen LogP contribution in [-0.2, 0) is 17.7 Å². The third-order valence-electron chi connectivity index (χ3n) is 5.66. The largest absolute Gasteiger partial charge is 0.450 e. The Bertz CT molecular complexity index is 685. The van der Waals surface area contributed by atoms with Gasteiger partial charge in [-0.3, -0.25) is 9.89 Å². The van der Waals surface area contributed by atoms with E-state index in [1.807, 2.05) is 14.0 Å². The molecule has 1 amide bonds. The van der Waals surface area contributed by atoms with E-state index < -0.39 is 0 Å². The Morgan fingerprint density at radius 1 is 1.14 bits per heavy atom. The summed E-state index contributed by atoms with van der Waals surface area (Å²) >= 11 is 0. The number of nitrogens with one attached hydrogen (secondary N) is 1. The number of carbonyl (C=O) groups excluding carboxylic acids is 1. The number of nitrogens with zero attached hydrogens (tertiary/aromatic N) is 4. The number of guanidine groups is 1. The van der Waals surface area contributed by atoms with Crippen molar-refractivity contribution in [2.75, 3.05) is 52.9 Å². The molecule has 7 nitrogen and oxygen atoms in total. The first kappa shape index (κ1) is 20.5. The minimum absolute atomic E-state index is 0.218. The van der Waals surface area contributed by atoms with Gasteiger partial charge in [0.15, 0.2) is 5.96 Å². The summed E-state index contributed by atoms with van der Waals surface area (Å²) in [5.74, 6) is 0.910. The van der Waals surface area contributed by atoms with Crippen molar-refractivity contribution in [2.45, 2.75) is 32.9 Å². The van der Waals surface area contributed by atoms with Gasteiger partial charge in [0.2, 0.25) is 0 Å². The highest BCUT2D eigenvalue weighted by Gasteiger charge is 2.25. The lowest BCUT2D eigenvalue weighted by atomic mass is 9.99. The zero-order valence-electron chi connectivity index (χ0n) is 17.4. The monoisotopic (exact) mass is 387 g/mol. The highest BCUT2D eigenvalue weighted by atomic mass is 16.6. The summed E-state index contributed by atoms with van der Waals surface area (Å²) in [7, 11) is 1.82. The van der Waals surface area contributed by atoms with Gasteiger partial charge < -0.3 is 19.9 Å². The first-order valence-corrected chi connectivity index (χ1v) is 10.3. The normalized spacial score (nSPS) is 19.2. The second-order valence-corrected chi connectivity index (χ2v) is 7.44. The van der Waals surface area contributed by atoms with Crippen LogP contribution in [-0.4, -0.2) is 85.7 Å². The van der Waals surface area contributed by atoms with Crippen molar-refractivity contribution >= 4 is 12.1 Å². The van der Waals surface area contributed by atoms with Gasteiger partial charge in [-0.2, -0.15) is 0 Å². The number of aliphatic imine (C=N–C) groups is 1. The Balaban J connectivity index is 1.46. The fourth-order valence-electron chi connectivity index (χ4n) is 3.91. The van der Waals surface area contributed by atoms with Gasteiger partial charge in [-0.25, -0.2) is 4.79 Å². The molecule has 2 aliphatic heterocycles. The molecule has 1 fully saturated rings. The van der Waals surface area contributed by atoms with Crippen LogP contribution in [0.3, 0.4) is 0 Å². The molecule has 0 spiro atoms. The molecule has 28 heavy (non-hydrogen) atoms. The van der Waals surface area contributed by atoms with Gasteiger partial charge in [0.1, 0.15) is 0 Å². The average Bonchev–Trinajstić information content (AvgIpc) is 2.74. The maximum Gasteiger partial charge on any atom is 0.409 e. The molecule has 0 aliphatic carbocycles. The third kappa shape index (κ3) is 4.95. The van der Waals surface area contributed by atoms with Crippen LogP contribution in [0.5, 0.6) is 0 Å². The van der Waals surface area contributed by atoms with Crippen LogP contribution in [0.1, 0.15) is 25.0 Å². The fourth-order valence-corrected chi connectivity index (χ4v) is 3.91. The number of rotatable bonds is 4. The number of carbonyl (C=O) groups is 1. The maximum absolute atomic E-state index is 11.9. The van der Waals surface area contributed by atoms with Gasteiger partial charge in [-0.05, 0) is 31.4 Å². The standard InChI is InChI=1S/C21H33N5O2/c1-4-28-21(27)25-13-11-24(12-14-25)20(22-3)23-15-17(2)26-10-9-18-7-5-6-8-19(18)16-26/h5-8,17H,4,9-16H2,1-3H3,(H,22,23). The van der Waals surface area contributed by atoms with E-state index in [4.69, 9.17) is 4.74 Å². The molecule has 0 bridgehead atoms. The van der Waals surface area contributed by atoms with Gasteiger partial charge in [0, 0.05) is 58.9 Å². The van der Waals surface area contributed by atoms with E-state index in [0.717, 1.165) is 45.1 Å². The van der Waals surface area contributed by atoms with Crippen LogP contribution in [0.2, 0.25) is 0 Å². The Morgan fingerprint density at radius 3 is 2.50 bits per heavy atom. The molecular weight excluding hydrogens is 354 g/mol. The molecule has 0 saturated carbocycles. The molecule has 1 aromatic rings. The van der Waals surface area contributed by atoms with E-state index >= 15 is 0 Å². The van der Waals surface area contributed by atoms with Crippen LogP contribution < -0.4 is 5.32 Å². The van der Waals surface area contributed by atoms with Gasteiger partial charge in [-0.1, -0.05) is 24.3 Å². The van der Waals surface area contributed by atoms with Gasteiger partial charge in [0.05, 0.1) is 6.61 Å². The summed E-state index contributed by atoms with van der Waals surface area (Å²) in [4.78, 5) is 22.8. The first-order chi connectivity index (χ1) is 13.6. The number of piperazine rings is 1. The van der Waals surface area contributed by atoms with Gasteiger partial charge >= 0.3 is 6.09 Å². The van der Waals surface area contributed by atoms with Crippen LogP contribution in [0.25, 0.3) is 0 Å². The van der Waals surface area contributed by atoms with E-state index in [-0.39, 0.29) is 6.09 Å². The molecule has 7 heteroatoms. The Labute approximate surface area is 168 Å². The number of hydrogen-bond donors (Lipinski definition) is 1. The van der Waals surface area contributed by atoms with Crippen molar-refractivity contribution in [2.24, 2.45) is 4.99 Å². The summed E-state index contributed by atoms with van der Waals surface area (Å²) in [6.45, 7) is 10.3. The number of benzene rings is 1. The summed E-state index contributed by atoms with van der Waals surface area (Å²) in [5.41, 5.74) is 2.93. The van der Waals surface area contributed by atoms with Crippen molar-refractivity contribution < 1.29 is 9.53 Å². The zero-order valence-corrected chi connectivity index (χ0v) is 17.4. The van der Waals surface area contributed by atoms with E-state index in [1.165, 1.54) is 11.1 Å². The average molecular weight is 388 g/mol. The number of ether oxygens (including phenoxy) is 1.